The van der Waals surface area contributed by atoms with Crippen molar-refractivity contribution in [1.82, 2.24) is 34.7 Å². The summed E-state index contributed by atoms with van der Waals surface area (Å²) >= 11 is 0. The summed E-state index contributed by atoms with van der Waals surface area (Å²) in [5.41, 5.74) is 2.75. The summed E-state index contributed by atoms with van der Waals surface area (Å²) in [6, 6.07) is 5.92. The number of aromatic amines is 1. The van der Waals surface area contributed by atoms with E-state index < -0.39 is 12.0 Å². The van der Waals surface area contributed by atoms with Crippen molar-refractivity contribution in [2.24, 2.45) is 0 Å². The lowest BCUT2D eigenvalue weighted by molar-refractivity contribution is 0.0642. The highest BCUT2D eigenvalue weighted by molar-refractivity contribution is 5.90. The van der Waals surface area contributed by atoms with Gasteiger partial charge in [0.15, 0.2) is 0 Å². The van der Waals surface area contributed by atoms with Gasteiger partial charge < -0.3 is 14.3 Å². The number of nitrogens with zero attached hydrogens (tertiary/aromatic N) is 6. The number of hydrogen-bond acceptors (Lipinski definition) is 6. The van der Waals surface area contributed by atoms with E-state index in [2.05, 4.69) is 25.3 Å². The topological polar surface area (TPSA) is 105 Å². The van der Waals surface area contributed by atoms with E-state index in [1.54, 1.807) is 29.4 Å². The highest BCUT2D eigenvalue weighted by atomic mass is 19.1. The van der Waals surface area contributed by atoms with E-state index in [0.29, 0.717) is 35.8 Å². The predicted molar refractivity (Wildman–Crippen MR) is 101 cm³/mol. The van der Waals surface area contributed by atoms with Crippen LogP contribution in [0.1, 0.15) is 64.9 Å². The molecule has 152 valence electrons. The minimum absolute atomic E-state index is 0.0316. The normalized spacial score (nSPS) is 19.1. The van der Waals surface area contributed by atoms with Gasteiger partial charge in [-0.1, -0.05) is 12.5 Å². The molecule has 1 aliphatic heterocycles. The van der Waals surface area contributed by atoms with Gasteiger partial charge in [0.05, 0.1) is 23.2 Å². The number of pyridine rings is 1. The first-order valence-corrected chi connectivity index (χ1v) is 10.00. The van der Waals surface area contributed by atoms with E-state index in [0.717, 1.165) is 25.0 Å². The summed E-state index contributed by atoms with van der Waals surface area (Å²) in [6.45, 7) is 0.427. The van der Waals surface area contributed by atoms with Crippen LogP contribution < -0.4 is 0 Å². The van der Waals surface area contributed by atoms with Gasteiger partial charge >= 0.3 is 11.8 Å². The first-order chi connectivity index (χ1) is 14.7. The highest BCUT2D eigenvalue weighted by Gasteiger charge is 2.38. The summed E-state index contributed by atoms with van der Waals surface area (Å²) in [5, 5.41) is 12.5. The summed E-state index contributed by atoms with van der Waals surface area (Å²) in [6.07, 6.45) is 5.36. The minimum Gasteiger partial charge on any atom is -0.417 e. The summed E-state index contributed by atoms with van der Waals surface area (Å²) < 4.78 is 21.1. The largest absolute Gasteiger partial charge is 0.417 e. The van der Waals surface area contributed by atoms with Crippen LogP contribution in [-0.2, 0) is 6.42 Å². The number of imidazole rings is 1. The number of carbonyl (C=O) groups is 1. The lowest BCUT2D eigenvalue weighted by Gasteiger charge is -2.32. The first-order valence-electron chi connectivity index (χ1n) is 10.00. The molecule has 1 saturated carbocycles. The molecular weight excluding hydrogens is 389 g/mol. The molecule has 5 heterocycles. The third kappa shape index (κ3) is 2.56. The smallest absolute Gasteiger partial charge is 0.312 e. The Morgan fingerprint density at radius 3 is 2.97 bits per heavy atom. The molecule has 6 rings (SSSR count). The van der Waals surface area contributed by atoms with Crippen molar-refractivity contribution in [3.8, 4) is 0 Å². The standard InChI is InChI=1S/C20H18FN7O2/c21-15-6-2-5-12-9-14(26-28(12)15)17-16-13(22-10-23-16)7-8-27(17)20(29)19-25-24-18(30-19)11-3-1-4-11/h2,5-6,9-11,17H,1,3-4,7-8H2,(H,22,23)/t17-/m1/s1. The molecule has 4 aromatic rings. The van der Waals surface area contributed by atoms with Crippen LogP contribution in [0.2, 0.25) is 0 Å². The van der Waals surface area contributed by atoms with Crippen LogP contribution in [0.25, 0.3) is 5.52 Å². The van der Waals surface area contributed by atoms with Gasteiger partial charge in [-0.3, -0.25) is 4.79 Å². The van der Waals surface area contributed by atoms with Gasteiger partial charge in [0.25, 0.3) is 0 Å². The Morgan fingerprint density at radius 2 is 2.17 bits per heavy atom. The van der Waals surface area contributed by atoms with Gasteiger partial charge in [0.1, 0.15) is 6.04 Å². The minimum atomic E-state index is -0.578. The Bertz CT molecular complexity index is 1260. The second kappa shape index (κ2) is 6.48. The molecule has 10 heteroatoms. The van der Waals surface area contributed by atoms with Crippen LogP contribution in [0, 0.1) is 5.95 Å². The summed E-state index contributed by atoms with van der Waals surface area (Å²) in [4.78, 5) is 22.5. The monoisotopic (exact) mass is 407 g/mol. The van der Waals surface area contributed by atoms with Gasteiger partial charge in [-0.15, -0.1) is 10.2 Å². The van der Waals surface area contributed by atoms with E-state index >= 15 is 0 Å². The molecule has 0 unspecified atom stereocenters. The average Bonchev–Trinajstić information content (AvgIpc) is 3.44. The molecule has 0 bridgehead atoms. The van der Waals surface area contributed by atoms with Crippen molar-refractivity contribution in [1.29, 1.82) is 0 Å². The molecule has 1 atom stereocenters. The van der Waals surface area contributed by atoms with E-state index in [9.17, 15) is 9.18 Å². The molecule has 1 amide bonds. The second-order valence-electron chi connectivity index (χ2n) is 7.75. The number of rotatable bonds is 3. The summed E-state index contributed by atoms with van der Waals surface area (Å²) in [5.74, 6) is -0.110. The van der Waals surface area contributed by atoms with E-state index in [4.69, 9.17) is 4.42 Å². The number of carbonyl (C=O) groups excluding carboxylic acids is 1. The fourth-order valence-electron chi connectivity index (χ4n) is 4.19. The molecule has 30 heavy (non-hydrogen) atoms. The molecule has 4 aromatic heterocycles. The quantitative estimate of drug-likeness (QED) is 0.524. The Kier molecular flexibility index (Phi) is 3.74. The van der Waals surface area contributed by atoms with Crippen molar-refractivity contribution in [2.45, 2.75) is 37.6 Å². The van der Waals surface area contributed by atoms with Gasteiger partial charge in [0.2, 0.25) is 11.8 Å². The third-order valence-corrected chi connectivity index (χ3v) is 6.00. The number of H-pyrrole nitrogens is 1. The van der Waals surface area contributed by atoms with Gasteiger partial charge in [0, 0.05) is 24.6 Å². The van der Waals surface area contributed by atoms with Gasteiger partial charge in [-0.2, -0.15) is 9.49 Å². The second-order valence-corrected chi connectivity index (χ2v) is 7.75. The van der Waals surface area contributed by atoms with Crippen LogP contribution in [-0.4, -0.2) is 47.1 Å². The fraction of sp³-hybridized carbons (Fsp3) is 0.350. The van der Waals surface area contributed by atoms with Crippen molar-refractivity contribution < 1.29 is 13.6 Å². The maximum atomic E-state index is 14.2. The molecule has 2 aliphatic rings. The molecule has 9 nitrogen and oxygen atoms in total. The van der Waals surface area contributed by atoms with Crippen molar-refractivity contribution >= 4 is 11.4 Å². The maximum absolute atomic E-state index is 14.2. The zero-order chi connectivity index (χ0) is 20.2. The Labute approximate surface area is 169 Å². The van der Waals surface area contributed by atoms with Gasteiger partial charge in [-0.05, 0) is 31.0 Å². The molecule has 0 radical (unpaired) electrons. The molecule has 1 N–H and O–H groups in total. The van der Waals surface area contributed by atoms with Crippen LogP contribution in [0.3, 0.4) is 0 Å². The third-order valence-electron chi connectivity index (χ3n) is 6.00. The lowest BCUT2D eigenvalue weighted by Crippen LogP contribution is -2.41. The number of halogens is 1. The van der Waals surface area contributed by atoms with Gasteiger partial charge in [-0.25, -0.2) is 9.50 Å². The average molecular weight is 407 g/mol. The summed E-state index contributed by atoms with van der Waals surface area (Å²) in [7, 11) is 0. The van der Waals surface area contributed by atoms with Crippen LogP contribution >= 0.6 is 0 Å². The van der Waals surface area contributed by atoms with E-state index in [1.165, 1.54) is 10.6 Å². The molecule has 0 aromatic carbocycles. The number of fused-ring (bicyclic) bond motifs is 2. The highest BCUT2D eigenvalue weighted by Crippen LogP contribution is 2.37. The zero-order valence-electron chi connectivity index (χ0n) is 16.0. The Balaban J connectivity index is 1.41. The Hall–Kier alpha value is -3.56. The molecule has 0 saturated heterocycles. The SMILES string of the molecule is O=C(c1nnc(C2CCC2)o1)N1CCc2[nH]cnc2[C@H]1c1cc2cccc(F)n2n1. The number of aromatic nitrogens is 6. The van der Waals surface area contributed by atoms with Crippen LogP contribution in [0.4, 0.5) is 4.39 Å². The first kappa shape index (κ1) is 17.3. The van der Waals surface area contributed by atoms with E-state index in [-0.39, 0.29) is 17.7 Å². The number of nitrogens with one attached hydrogen (secondary N) is 1. The number of hydrogen-bond donors (Lipinski definition) is 1. The maximum Gasteiger partial charge on any atom is 0.312 e. The lowest BCUT2D eigenvalue weighted by atomic mass is 9.85. The molecule has 1 aliphatic carbocycles. The molecule has 1 fully saturated rings. The van der Waals surface area contributed by atoms with Crippen molar-refractivity contribution in [3.05, 3.63) is 65.4 Å². The zero-order valence-corrected chi connectivity index (χ0v) is 16.0. The van der Waals surface area contributed by atoms with Crippen molar-refractivity contribution in [2.75, 3.05) is 6.54 Å². The predicted octanol–water partition coefficient (Wildman–Crippen LogP) is 2.63. The Morgan fingerprint density at radius 1 is 1.27 bits per heavy atom. The molecule has 0 spiro atoms. The van der Waals surface area contributed by atoms with Crippen molar-refractivity contribution in [3.63, 3.8) is 0 Å². The fourth-order valence-corrected chi connectivity index (χ4v) is 4.19. The van der Waals surface area contributed by atoms with Crippen LogP contribution in [0.5, 0.6) is 0 Å². The van der Waals surface area contributed by atoms with E-state index in [1.807, 2.05) is 0 Å². The molecular formula is C20H18FN7O2. The number of amides is 1. The van der Waals surface area contributed by atoms with Crippen LogP contribution in [0.15, 0.2) is 35.0 Å².